The third-order valence-corrected chi connectivity index (χ3v) is 6.46. The van der Waals surface area contributed by atoms with Crippen molar-refractivity contribution in [3.63, 3.8) is 0 Å². The van der Waals surface area contributed by atoms with Gasteiger partial charge in [-0.05, 0) is 34.4 Å². The van der Waals surface area contributed by atoms with E-state index in [1.54, 1.807) is 11.3 Å². The van der Waals surface area contributed by atoms with Crippen LogP contribution in [-0.2, 0) is 21.2 Å². The number of sulfonamides is 1. The van der Waals surface area contributed by atoms with Crippen LogP contribution in [0.3, 0.4) is 0 Å². The summed E-state index contributed by atoms with van der Waals surface area (Å²) in [6.07, 6.45) is 0.525. The first-order chi connectivity index (χ1) is 12.1. The van der Waals surface area contributed by atoms with Gasteiger partial charge in [0.05, 0.1) is 19.0 Å². The minimum Gasteiger partial charge on any atom is -0.379 e. The number of nitrogens with zero attached hydrogens (tertiary/aromatic N) is 1. The summed E-state index contributed by atoms with van der Waals surface area (Å²) < 4.78 is 33.0. The molecule has 2 aromatic rings. The summed E-state index contributed by atoms with van der Waals surface area (Å²) in [5.41, 5.74) is 2.20. The Labute approximate surface area is 153 Å². The minimum atomic E-state index is -3.31. The molecule has 0 radical (unpaired) electrons. The Kier molecular flexibility index (Phi) is 6.61. The molecule has 0 saturated carbocycles. The summed E-state index contributed by atoms with van der Waals surface area (Å²) in [6.45, 7) is 3.44. The van der Waals surface area contributed by atoms with Crippen LogP contribution >= 0.6 is 11.3 Å². The monoisotopic (exact) mass is 380 g/mol. The number of hydrogen-bond donors (Lipinski definition) is 1. The quantitative estimate of drug-likeness (QED) is 0.763. The first kappa shape index (κ1) is 18.5. The molecule has 136 valence electrons. The van der Waals surface area contributed by atoms with E-state index in [-0.39, 0.29) is 11.8 Å². The fourth-order valence-electron chi connectivity index (χ4n) is 2.99. The van der Waals surface area contributed by atoms with Gasteiger partial charge in [-0.3, -0.25) is 4.90 Å². The molecule has 1 saturated heterocycles. The summed E-state index contributed by atoms with van der Waals surface area (Å²) >= 11 is 1.64. The maximum Gasteiger partial charge on any atom is 0.211 e. The average molecular weight is 381 g/mol. The van der Waals surface area contributed by atoms with Crippen molar-refractivity contribution in [3.05, 3.63) is 58.3 Å². The van der Waals surface area contributed by atoms with E-state index < -0.39 is 10.0 Å². The van der Waals surface area contributed by atoms with Gasteiger partial charge >= 0.3 is 0 Å². The Bertz CT molecular complexity index is 727. The number of rotatable bonds is 8. The molecule has 5 nitrogen and oxygen atoms in total. The molecule has 0 bridgehead atoms. The second-order valence-corrected chi connectivity index (χ2v) is 8.83. The number of nitrogens with one attached hydrogen (secondary N) is 1. The Hall–Kier alpha value is -1.25. The normalized spacial score (nSPS) is 17.4. The highest BCUT2D eigenvalue weighted by molar-refractivity contribution is 7.89. The predicted octanol–water partition coefficient (Wildman–Crippen LogP) is 2.28. The highest BCUT2D eigenvalue weighted by Crippen LogP contribution is 2.23. The first-order valence-corrected chi connectivity index (χ1v) is 11.1. The molecule has 2 heterocycles. The molecule has 0 aliphatic carbocycles. The lowest BCUT2D eigenvalue weighted by atomic mass is 10.1. The van der Waals surface area contributed by atoms with Crippen molar-refractivity contribution in [2.24, 2.45) is 0 Å². The first-order valence-electron chi connectivity index (χ1n) is 8.49. The fourth-order valence-corrected chi connectivity index (χ4v) is 4.75. The number of aryl methyl sites for hydroxylation is 1. The van der Waals surface area contributed by atoms with Crippen LogP contribution in [0.25, 0.3) is 0 Å². The van der Waals surface area contributed by atoms with Gasteiger partial charge in [0.2, 0.25) is 10.0 Å². The summed E-state index contributed by atoms with van der Waals surface area (Å²) in [4.78, 5) is 2.30. The van der Waals surface area contributed by atoms with Gasteiger partial charge < -0.3 is 4.74 Å². The molecular formula is C18H24N2O3S2. The zero-order valence-electron chi connectivity index (χ0n) is 14.1. The smallest absolute Gasteiger partial charge is 0.211 e. The summed E-state index contributed by atoms with van der Waals surface area (Å²) in [7, 11) is -3.31. The maximum absolute atomic E-state index is 12.4. The van der Waals surface area contributed by atoms with Crippen molar-refractivity contribution < 1.29 is 13.2 Å². The molecule has 0 spiro atoms. The van der Waals surface area contributed by atoms with Crippen molar-refractivity contribution in [2.75, 3.05) is 38.6 Å². The lowest BCUT2D eigenvalue weighted by Gasteiger charge is -2.34. The lowest BCUT2D eigenvalue weighted by Crippen LogP contribution is -2.44. The molecule has 1 aromatic heterocycles. The van der Waals surface area contributed by atoms with Gasteiger partial charge in [0.1, 0.15) is 0 Å². The molecule has 7 heteroatoms. The van der Waals surface area contributed by atoms with E-state index in [1.807, 2.05) is 35.7 Å². The largest absolute Gasteiger partial charge is 0.379 e. The second-order valence-electron chi connectivity index (χ2n) is 6.12. The van der Waals surface area contributed by atoms with Crippen molar-refractivity contribution in [2.45, 2.75) is 12.5 Å². The van der Waals surface area contributed by atoms with Crippen LogP contribution in [0.4, 0.5) is 0 Å². The van der Waals surface area contributed by atoms with Gasteiger partial charge in [-0.2, -0.15) is 11.3 Å². The number of ether oxygens (including phenoxy) is 1. The Morgan fingerprint density at radius 1 is 1.16 bits per heavy atom. The SMILES string of the molecule is O=S(=O)(CCc1ccccc1)NC[C@H](c1ccsc1)N1CCOCC1. The van der Waals surface area contributed by atoms with Crippen molar-refractivity contribution >= 4 is 21.4 Å². The van der Waals surface area contributed by atoms with Crippen LogP contribution in [0.1, 0.15) is 17.2 Å². The van der Waals surface area contributed by atoms with E-state index in [1.165, 1.54) is 0 Å². The molecule has 1 fully saturated rings. The molecule has 1 aliphatic rings. The molecule has 3 rings (SSSR count). The fraction of sp³-hybridized carbons (Fsp3) is 0.444. The molecule has 0 amide bonds. The molecule has 1 N–H and O–H groups in total. The highest BCUT2D eigenvalue weighted by Gasteiger charge is 2.24. The van der Waals surface area contributed by atoms with Gasteiger partial charge in [0.25, 0.3) is 0 Å². The van der Waals surface area contributed by atoms with Gasteiger partial charge in [-0.1, -0.05) is 30.3 Å². The lowest BCUT2D eigenvalue weighted by molar-refractivity contribution is 0.0173. The van der Waals surface area contributed by atoms with Crippen molar-refractivity contribution in [1.82, 2.24) is 9.62 Å². The van der Waals surface area contributed by atoms with E-state index in [0.29, 0.717) is 26.2 Å². The number of thiophene rings is 1. The Morgan fingerprint density at radius 3 is 2.60 bits per heavy atom. The maximum atomic E-state index is 12.4. The second kappa shape index (κ2) is 8.91. The van der Waals surface area contributed by atoms with Crippen LogP contribution in [-0.4, -0.2) is 51.9 Å². The zero-order chi connectivity index (χ0) is 17.5. The third-order valence-electron chi connectivity index (χ3n) is 4.41. The van der Waals surface area contributed by atoms with Crippen LogP contribution in [0.15, 0.2) is 47.2 Å². The molecular weight excluding hydrogens is 356 g/mol. The number of benzene rings is 1. The highest BCUT2D eigenvalue weighted by atomic mass is 32.2. The van der Waals surface area contributed by atoms with Crippen LogP contribution in [0.5, 0.6) is 0 Å². The molecule has 0 unspecified atom stereocenters. The third kappa shape index (κ3) is 5.62. The van der Waals surface area contributed by atoms with Crippen molar-refractivity contribution in [1.29, 1.82) is 0 Å². The van der Waals surface area contributed by atoms with Gasteiger partial charge in [-0.25, -0.2) is 13.1 Å². The molecule has 1 aliphatic heterocycles. The Balaban J connectivity index is 1.59. The summed E-state index contributed by atoms with van der Waals surface area (Å²) in [5.74, 6) is 0.108. The van der Waals surface area contributed by atoms with E-state index in [4.69, 9.17) is 4.74 Å². The van der Waals surface area contributed by atoms with Crippen LogP contribution < -0.4 is 4.72 Å². The number of hydrogen-bond acceptors (Lipinski definition) is 5. The van der Waals surface area contributed by atoms with Crippen LogP contribution in [0.2, 0.25) is 0 Å². The molecule has 1 aromatic carbocycles. The Morgan fingerprint density at radius 2 is 1.92 bits per heavy atom. The van der Waals surface area contributed by atoms with Gasteiger partial charge in [0, 0.05) is 25.7 Å². The zero-order valence-corrected chi connectivity index (χ0v) is 15.8. The number of morpholine rings is 1. The molecule has 1 atom stereocenters. The topological polar surface area (TPSA) is 58.6 Å². The summed E-state index contributed by atoms with van der Waals surface area (Å²) in [5, 5.41) is 4.13. The van der Waals surface area contributed by atoms with E-state index in [9.17, 15) is 8.42 Å². The average Bonchev–Trinajstić information content (AvgIpc) is 3.16. The minimum absolute atomic E-state index is 0.0571. The van der Waals surface area contributed by atoms with E-state index >= 15 is 0 Å². The van der Waals surface area contributed by atoms with Crippen molar-refractivity contribution in [3.8, 4) is 0 Å². The predicted molar refractivity (Wildman–Crippen MR) is 101 cm³/mol. The van der Waals surface area contributed by atoms with E-state index in [2.05, 4.69) is 21.1 Å². The van der Waals surface area contributed by atoms with E-state index in [0.717, 1.165) is 24.2 Å². The van der Waals surface area contributed by atoms with Gasteiger partial charge in [-0.15, -0.1) is 0 Å². The summed E-state index contributed by atoms with van der Waals surface area (Å²) in [6, 6.07) is 11.8. The van der Waals surface area contributed by atoms with Crippen LogP contribution in [0, 0.1) is 0 Å². The standard InChI is InChI=1S/C18H24N2O3S2/c21-25(22,13-7-16-4-2-1-3-5-16)19-14-18(17-6-12-24-15-17)20-8-10-23-11-9-20/h1-6,12,15,18-19H,7-11,13-14H2/t18-/m1/s1. The van der Waals surface area contributed by atoms with Gasteiger partial charge in [0.15, 0.2) is 0 Å². The molecule has 25 heavy (non-hydrogen) atoms.